The zero-order valence-corrected chi connectivity index (χ0v) is 15.4. The average molecular weight is 358 g/mol. The van der Waals surface area contributed by atoms with Gasteiger partial charge in [-0.3, -0.25) is 14.8 Å². The van der Waals surface area contributed by atoms with Gasteiger partial charge in [0.1, 0.15) is 0 Å². The van der Waals surface area contributed by atoms with Gasteiger partial charge in [-0.25, -0.2) is 0 Å². The molecule has 0 spiro atoms. The molecule has 4 rings (SSSR count). The van der Waals surface area contributed by atoms with Gasteiger partial charge in [-0.15, -0.1) is 0 Å². The molecule has 0 bridgehead atoms. The number of benzene rings is 1. The van der Waals surface area contributed by atoms with E-state index < -0.39 is 0 Å². The lowest BCUT2D eigenvalue weighted by Gasteiger charge is -2.21. The second-order valence-electron chi connectivity index (χ2n) is 6.79. The summed E-state index contributed by atoms with van der Waals surface area (Å²) in [5.74, 6) is -0.00844. The molecule has 0 N–H and O–H groups in total. The number of nitrogens with zero attached hydrogens (tertiary/aromatic N) is 4. The van der Waals surface area contributed by atoms with Crippen LogP contribution in [-0.4, -0.2) is 40.9 Å². The fourth-order valence-corrected chi connectivity index (χ4v) is 3.47. The molecule has 3 heterocycles. The number of carbonyl (C=O) groups is 1. The molecule has 2 aromatic heterocycles. The lowest BCUT2D eigenvalue weighted by atomic mass is 10.1. The van der Waals surface area contributed by atoms with Gasteiger partial charge in [0.2, 0.25) is 0 Å². The van der Waals surface area contributed by atoms with E-state index >= 15 is 0 Å². The van der Waals surface area contributed by atoms with Crippen LogP contribution >= 0.6 is 0 Å². The van der Waals surface area contributed by atoms with Crippen molar-refractivity contribution in [1.82, 2.24) is 14.9 Å². The molecule has 0 atom stereocenters. The number of hydrogen-bond donors (Lipinski definition) is 0. The molecule has 0 radical (unpaired) electrons. The van der Waals surface area contributed by atoms with Crippen LogP contribution in [0.2, 0.25) is 0 Å². The first-order valence-corrected chi connectivity index (χ1v) is 9.17. The Hall–Kier alpha value is -3.21. The number of rotatable bonds is 5. The maximum atomic E-state index is 12.8. The molecule has 1 aliphatic heterocycles. The highest BCUT2D eigenvalue weighted by molar-refractivity contribution is 5.95. The normalized spacial score (nSPS) is 12.7. The van der Waals surface area contributed by atoms with Crippen LogP contribution < -0.4 is 4.90 Å². The van der Waals surface area contributed by atoms with Crippen LogP contribution in [0.15, 0.2) is 67.3 Å². The lowest BCUT2D eigenvalue weighted by molar-refractivity contribution is 0.0796. The molecule has 3 aromatic rings. The predicted molar refractivity (Wildman–Crippen MR) is 106 cm³/mol. The number of aromatic nitrogens is 2. The Morgan fingerprint density at radius 1 is 1.11 bits per heavy atom. The predicted octanol–water partition coefficient (Wildman–Crippen LogP) is 3.49. The maximum Gasteiger partial charge on any atom is 0.255 e. The van der Waals surface area contributed by atoms with Gasteiger partial charge >= 0.3 is 0 Å². The van der Waals surface area contributed by atoms with Crippen molar-refractivity contribution in [2.75, 3.05) is 25.0 Å². The molecule has 0 saturated carbocycles. The van der Waals surface area contributed by atoms with Gasteiger partial charge in [0.15, 0.2) is 0 Å². The largest absolute Gasteiger partial charge is 0.341 e. The third kappa shape index (κ3) is 3.67. The summed E-state index contributed by atoms with van der Waals surface area (Å²) in [6, 6.07) is 14.3. The van der Waals surface area contributed by atoms with Crippen molar-refractivity contribution < 1.29 is 4.79 Å². The molecule has 0 aliphatic carbocycles. The molecule has 1 amide bonds. The van der Waals surface area contributed by atoms with Gasteiger partial charge in [0.25, 0.3) is 5.91 Å². The van der Waals surface area contributed by atoms with Gasteiger partial charge in [0.05, 0.1) is 17.4 Å². The lowest BCUT2D eigenvalue weighted by Crippen LogP contribution is -2.29. The summed E-state index contributed by atoms with van der Waals surface area (Å²) in [7, 11) is 1.83. The summed E-state index contributed by atoms with van der Waals surface area (Å²) in [5.41, 5.74) is 5.30. The van der Waals surface area contributed by atoms with Crippen molar-refractivity contribution >= 4 is 17.3 Å². The minimum Gasteiger partial charge on any atom is -0.341 e. The van der Waals surface area contributed by atoms with Crippen LogP contribution in [0.25, 0.3) is 0 Å². The molecule has 27 heavy (non-hydrogen) atoms. The summed E-state index contributed by atoms with van der Waals surface area (Å²) in [5, 5.41) is 0. The number of pyridine rings is 2. The van der Waals surface area contributed by atoms with E-state index in [9.17, 15) is 4.79 Å². The van der Waals surface area contributed by atoms with Crippen molar-refractivity contribution in [2.45, 2.75) is 12.8 Å². The summed E-state index contributed by atoms with van der Waals surface area (Å²) in [6.45, 7) is 1.57. The zero-order chi connectivity index (χ0) is 18.6. The number of fused-ring (bicyclic) bond motifs is 1. The number of hydrogen-bond acceptors (Lipinski definition) is 4. The highest BCUT2D eigenvalue weighted by Gasteiger charge is 2.21. The van der Waals surface area contributed by atoms with E-state index in [1.165, 1.54) is 16.8 Å². The first-order valence-electron chi connectivity index (χ1n) is 9.17. The number of likely N-dealkylation sites (N-methyl/N-ethyl adjacent to an activating group) is 1. The highest BCUT2D eigenvalue weighted by atomic mass is 16.2. The first-order chi connectivity index (χ1) is 13.2. The standard InChI is InChI=1S/C22H22N4O/c1-25(12-8-17-6-10-23-11-7-17)22(27)19-14-20(16-24-15-19)26-13-9-18-4-2-3-5-21(18)26/h2-7,10-11,14-16H,8-9,12-13H2,1H3. The molecule has 1 aromatic carbocycles. The fraction of sp³-hybridized carbons (Fsp3) is 0.227. The summed E-state index contributed by atoms with van der Waals surface area (Å²) < 4.78 is 0. The molecule has 136 valence electrons. The van der Waals surface area contributed by atoms with Crippen molar-refractivity contribution in [1.29, 1.82) is 0 Å². The van der Waals surface area contributed by atoms with E-state index in [1.54, 1.807) is 23.5 Å². The Kier molecular flexibility index (Phi) is 4.83. The molecule has 5 heteroatoms. The smallest absolute Gasteiger partial charge is 0.255 e. The second kappa shape index (κ2) is 7.58. The minimum atomic E-state index is -0.00844. The number of amides is 1. The van der Waals surface area contributed by atoms with Gasteiger partial charge in [0, 0.05) is 44.4 Å². The van der Waals surface area contributed by atoms with E-state index in [0.29, 0.717) is 12.1 Å². The molecular weight excluding hydrogens is 336 g/mol. The van der Waals surface area contributed by atoms with Gasteiger partial charge < -0.3 is 9.80 Å². The van der Waals surface area contributed by atoms with Crippen LogP contribution in [0.5, 0.6) is 0 Å². The van der Waals surface area contributed by atoms with E-state index in [1.807, 2.05) is 37.5 Å². The molecule has 0 saturated heterocycles. The Bertz CT molecular complexity index is 942. The van der Waals surface area contributed by atoms with Gasteiger partial charge in [-0.2, -0.15) is 0 Å². The quantitative estimate of drug-likeness (QED) is 0.701. The average Bonchev–Trinajstić information content (AvgIpc) is 3.16. The molecule has 1 aliphatic rings. The van der Waals surface area contributed by atoms with E-state index in [0.717, 1.165) is 25.1 Å². The molecular formula is C22H22N4O. The Balaban J connectivity index is 1.48. The van der Waals surface area contributed by atoms with Crippen LogP contribution in [-0.2, 0) is 12.8 Å². The van der Waals surface area contributed by atoms with Crippen molar-refractivity contribution in [3.8, 4) is 0 Å². The topological polar surface area (TPSA) is 49.3 Å². The Morgan fingerprint density at radius 2 is 1.93 bits per heavy atom. The fourth-order valence-electron chi connectivity index (χ4n) is 3.47. The third-order valence-corrected chi connectivity index (χ3v) is 5.00. The Labute approximate surface area is 159 Å². The minimum absolute atomic E-state index is 0.00844. The van der Waals surface area contributed by atoms with Crippen molar-refractivity contribution in [3.05, 3.63) is 83.9 Å². The Morgan fingerprint density at radius 3 is 2.78 bits per heavy atom. The maximum absolute atomic E-state index is 12.8. The number of para-hydroxylation sites is 1. The summed E-state index contributed by atoms with van der Waals surface area (Å²) in [6.07, 6.45) is 8.85. The van der Waals surface area contributed by atoms with Crippen LogP contribution in [0.1, 0.15) is 21.5 Å². The highest BCUT2D eigenvalue weighted by Crippen LogP contribution is 2.34. The summed E-state index contributed by atoms with van der Waals surface area (Å²) >= 11 is 0. The molecule has 5 nitrogen and oxygen atoms in total. The zero-order valence-electron chi connectivity index (χ0n) is 15.4. The van der Waals surface area contributed by atoms with Crippen LogP contribution in [0, 0.1) is 0 Å². The SMILES string of the molecule is CN(CCc1ccncc1)C(=O)c1cncc(N2CCc3ccccc32)c1. The summed E-state index contributed by atoms with van der Waals surface area (Å²) in [4.78, 5) is 25.2. The van der Waals surface area contributed by atoms with Crippen molar-refractivity contribution in [2.24, 2.45) is 0 Å². The second-order valence-corrected chi connectivity index (χ2v) is 6.79. The number of carbonyl (C=O) groups excluding carboxylic acids is 1. The van der Waals surface area contributed by atoms with E-state index in [4.69, 9.17) is 0 Å². The van der Waals surface area contributed by atoms with Crippen LogP contribution in [0.3, 0.4) is 0 Å². The van der Waals surface area contributed by atoms with Crippen molar-refractivity contribution in [3.63, 3.8) is 0 Å². The third-order valence-electron chi connectivity index (χ3n) is 5.00. The molecule has 0 unspecified atom stereocenters. The number of anilines is 2. The van der Waals surface area contributed by atoms with Gasteiger partial charge in [-0.1, -0.05) is 18.2 Å². The monoisotopic (exact) mass is 358 g/mol. The van der Waals surface area contributed by atoms with Gasteiger partial charge in [-0.05, 0) is 48.2 Å². The van der Waals surface area contributed by atoms with E-state index in [2.05, 4.69) is 33.1 Å². The van der Waals surface area contributed by atoms with Crippen LogP contribution in [0.4, 0.5) is 11.4 Å². The first kappa shape index (κ1) is 17.2. The molecule has 0 fully saturated rings. The van der Waals surface area contributed by atoms with E-state index in [-0.39, 0.29) is 5.91 Å².